The zero-order chi connectivity index (χ0) is 8.27. The van der Waals surface area contributed by atoms with Gasteiger partial charge in [-0.25, -0.2) is 0 Å². The lowest BCUT2D eigenvalue weighted by Crippen LogP contribution is -2.00. The van der Waals surface area contributed by atoms with Crippen LogP contribution in [0.1, 0.15) is 0 Å². The number of benzene rings is 1. The van der Waals surface area contributed by atoms with Crippen molar-refractivity contribution in [1.82, 2.24) is 0 Å². The molecule has 4 heteroatoms. The molecular formula is C7H7NOS2. The Kier molecular flexibility index (Phi) is 2.73. The van der Waals surface area contributed by atoms with Gasteiger partial charge in [-0.1, -0.05) is 30.0 Å². The number of phenols is 1. The van der Waals surface area contributed by atoms with Crippen LogP contribution in [0, 0.1) is 0 Å². The van der Waals surface area contributed by atoms with E-state index in [1.165, 1.54) is 11.8 Å². The third-order valence-corrected chi connectivity index (χ3v) is 1.98. The molecular weight excluding hydrogens is 178 g/mol. The maximum absolute atomic E-state index is 9.03. The first-order valence-electron chi connectivity index (χ1n) is 2.95. The van der Waals surface area contributed by atoms with Gasteiger partial charge in [0.05, 0.1) is 0 Å². The van der Waals surface area contributed by atoms with Crippen LogP contribution < -0.4 is 5.73 Å². The van der Waals surface area contributed by atoms with Crippen LogP contribution in [-0.4, -0.2) is 9.43 Å². The lowest BCUT2D eigenvalue weighted by atomic mass is 10.3. The molecule has 0 aliphatic rings. The molecule has 0 spiro atoms. The van der Waals surface area contributed by atoms with E-state index >= 15 is 0 Å². The van der Waals surface area contributed by atoms with E-state index < -0.39 is 0 Å². The number of aromatic hydroxyl groups is 1. The Labute approximate surface area is 74.4 Å². The van der Waals surface area contributed by atoms with Crippen molar-refractivity contribution in [2.24, 2.45) is 5.73 Å². The second kappa shape index (κ2) is 3.59. The van der Waals surface area contributed by atoms with Crippen molar-refractivity contribution in [3.8, 4) is 5.75 Å². The van der Waals surface area contributed by atoms with Crippen molar-refractivity contribution in [1.29, 1.82) is 0 Å². The lowest BCUT2D eigenvalue weighted by Gasteiger charge is -1.97. The molecule has 2 nitrogen and oxygen atoms in total. The van der Waals surface area contributed by atoms with Crippen LogP contribution in [0.4, 0.5) is 0 Å². The molecule has 0 amide bonds. The Morgan fingerprint density at radius 3 is 2.82 bits per heavy atom. The van der Waals surface area contributed by atoms with Gasteiger partial charge < -0.3 is 10.8 Å². The number of thiocarbonyl (C=S) groups is 1. The molecule has 0 saturated heterocycles. The normalized spacial score (nSPS) is 9.45. The van der Waals surface area contributed by atoms with E-state index in [-0.39, 0.29) is 5.75 Å². The summed E-state index contributed by atoms with van der Waals surface area (Å²) < 4.78 is 0.357. The molecule has 0 radical (unpaired) electrons. The molecule has 0 aliphatic heterocycles. The van der Waals surface area contributed by atoms with Crippen LogP contribution in [0.15, 0.2) is 29.2 Å². The lowest BCUT2D eigenvalue weighted by molar-refractivity contribution is 0.474. The van der Waals surface area contributed by atoms with E-state index in [1.807, 2.05) is 6.07 Å². The fourth-order valence-electron chi connectivity index (χ4n) is 0.663. The smallest absolute Gasteiger partial charge is 0.135 e. The molecule has 0 atom stereocenters. The summed E-state index contributed by atoms with van der Waals surface area (Å²) in [5.41, 5.74) is 5.29. The minimum Gasteiger partial charge on any atom is -0.508 e. The van der Waals surface area contributed by atoms with Crippen LogP contribution in [0.2, 0.25) is 0 Å². The average molecular weight is 185 g/mol. The molecule has 0 saturated carbocycles. The highest BCUT2D eigenvalue weighted by Crippen LogP contribution is 2.21. The van der Waals surface area contributed by atoms with Crippen LogP contribution in [-0.2, 0) is 0 Å². The third-order valence-electron chi connectivity index (χ3n) is 1.04. The highest BCUT2D eigenvalue weighted by atomic mass is 32.2. The first kappa shape index (κ1) is 8.36. The second-order valence-corrected chi connectivity index (χ2v) is 3.73. The van der Waals surface area contributed by atoms with Crippen LogP contribution >= 0.6 is 24.0 Å². The fraction of sp³-hybridized carbons (Fsp3) is 0. The van der Waals surface area contributed by atoms with Crippen molar-refractivity contribution < 1.29 is 5.11 Å². The van der Waals surface area contributed by atoms with Crippen molar-refractivity contribution >= 4 is 28.3 Å². The summed E-state index contributed by atoms with van der Waals surface area (Å²) in [6.45, 7) is 0. The Hall–Kier alpha value is -0.740. The van der Waals surface area contributed by atoms with Crippen LogP contribution in [0.5, 0.6) is 5.75 Å². The Morgan fingerprint density at radius 2 is 2.27 bits per heavy atom. The van der Waals surface area contributed by atoms with Gasteiger partial charge in [-0.3, -0.25) is 0 Å². The summed E-state index contributed by atoms with van der Waals surface area (Å²) in [7, 11) is 0. The minimum atomic E-state index is 0.228. The summed E-state index contributed by atoms with van der Waals surface area (Å²) in [4.78, 5) is 0.859. The third kappa shape index (κ3) is 2.78. The SMILES string of the molecule is NC(=S)Sc1cccc(O)c1. The van der Waals surface area contributed by atoms with E-state index in [0.717, 1.165) is 4.90 Å². The largest absolute Gasteiger partial charge is 0.508 e. The summed E-state index contributed by atoms with van der Waals surface area (Å²) in [5, 5.41) is 9.03. The first-order valence-corrected chi connectivity index (χ1v) is 4.17. The van der Waals surface area contributed by atoms with E-state index in [1.54, 1.807) is 18.2 Å². The Balaban J connectivity index is 2.79. The first-order chi connectivity index (χ1) is 5.18. The summed E-state index contributed by atoms with van der Waals surface area (Å²) >= 11 is 5.94. The predicted octanol–water partition coefficient (Wildman–Crippen LogP) is 1.73. The number of hydrogen-bond acceptors (Lipinski definition) is 3. The quantitative estimate of drug-likeness (QED) is 0.516. The Morgan fingerprint density at radius 1 is 1.55 bits per heavy atom. The van der Waals surface area contributed by atoms with Crippen molar-refractivity contribution in [3.63, 3.8) is 0 Å². The van der Waals surface area contributed by atoms with E-state index in [0.29, 0.717) is 4.32 Å². The van der Waals surface area contributed by atoms with Crippen LogP contribution in [0.3, 0.4) is 0 Å². The van der Waals surface area contributed by atoms with Gasteiger partial charge in [0, 0.05) is 4.90 Å². The highest BCUT2D eigenvalue weighted by Gasteiger charge is 1.95. The molecule has 58 valence electrons. The monoisotopic (exact) mass is 185 g/mol. The zero-order valence-corrected chi connectivity index (χ0v) is 7.28. The van der Waals surface area contributed by atoms with Crippen molar-refractivity contribution in [2.75, 3.05) is 0 Å². The minimum absolute atomic E-state index is 0.228. The van der Waals surface area contributed by atoms with Gasteiger partial charge >= 0.3 is 0 Å². The highest BCUT2D eigenvalue weighted by molar-refractivity contribution is 8.22. The van der Waals surface area contributed by atoms with Gasteiger partial charge in [0.25, 0.3) is 0 Å². The molecule has 0 unspecified atom stereocenters. The number of nitrogens with two attached hydrogens (primary N) is 1. The van der Waals surface area contributed by atoms with Gasteiger partial charge in [-0.05, 0) is 18.2 Å². The summed E-state index contributed by atoms with van der Waals surface area (Å²) in [5.74, 6) is 0.228. The van der Waals surface area contributed by atoms with Gasteiger partial charge in [-0.15, -0.1) is 0 Å². The number of phenolic OH excluding ortho intramolecular Hbond substituents is 1. The summed E-state index contributed by atoms with van der Waals surface area (Å²) in [6.07, 6.45) is 0. The number of hydrogen-bond donors (Lipinski definition) is 2. The zero-order valence-electron chi connectivity index (χ0n) is 5.65. The second-order valence-electron chi connectivity index (χ2n) is 1.92. The molecule has 1 aromatic rings. The van der Waals surface area contributed by atoms with Crippen molar-refractivity contribution in [3.05, 3.63) is 24.3 Å². The molecule has 0 bridgehead atoms. The summed E-state index contributed by atoms with van der Waals surface area (Å²) in [6, 6.07) is 6.80. The molecule has 0 aliphatic carbocycles. The molecule has 0 heterocycles. The standard InChI is InChI=1S/C7H7NOS2/c8-7(10)11-6-3-1-2-5(9)4-6/h1-4,9H,(H2,8,10). The molecule has 0 aromatic heterocycles. The van der Waals surface area contributed by atoms with Crippen molar-refractivity contribution in [2.45, 2.75) is 4.90 Å². The van der Waals surface area contributed by atoms with Gasteiger partial charge in [0.1, 0.15) is 10.1 Å². The maximum Gasteiger partial charge on any atom is 0.135 e. The number of rotatable bonds is 1. The maximum atomic E-state index is 9.03. The topological polar surface area (TPSA) is 46.2 Å². The fourth-order valence-corrected chi connectivity index (χ4v) is 1.51. The average Bonchev–Trinajstić information content (AvgIpc) is 1.85. The van der Waals surface area contributed by atoms with E-state index in [4.69, 9.17) is 10.8 Å². The van der Waals surface area contributed by atoms with Gasteiger partial charge in [0.15, 0.2) is 0 Å². The van der Waals surface area contributed by atoms with E-state index in [9.17, 15) is 0 Å². The molecule has 3 N–H and O–H groups in total. The number of thioether (sulfide) groups is 1. The van der Waals surface area contributed by atoms with E-state index in [2.05, 4.69) is 12.2 Å². The molecule has 1 aromatic carbocycles. The predicted molar refractivity (Wildman–Crippen MR) is 50.7 cm³/mol. The Bertz CT molecular complexity index is 275. The van der Waals surface area contributed by atoms with Gasteiger partial charge in [-0.2, -0.15) is 0 Å². The molecule has 0 fully saturated rings. The van der Waals surface area contributed by atoms with Gasteiger partial charge in [0.2, 0.25) is 0 Å². The molecule has 1 rings (SSSR count). The van der Waals surface area contributed by atoms with Crippen LogP contribution in [0.25, 0.3) is 0 Å². The molecule has 11 heavy (non-hydrogen) atoms.